The minimum absolute atomic E-state index is 0.00956. The molecule has 0 aliphatic rings. The van der Waals surface area contributed by atoms with Gasteiger partial charge < -0.3 is 38.9 Å². The predicted molar refractivity (Wildman–Crippen MR) is 186 cm³/mol. The second-order valence-corrected chi connectivity index (χ2v) is 14.8. The van der Waals surface area contributed by atoms with Crippen LogP contribution in [0.25, 0.3) is 0 Å². The third kappa shape index (κ3) is 9.26. The van der Waals surface area contributed by atoms with Crippen molar-refractivity contribution in [1.29, 1.82) is 0 Å². The zero-order chi connectivity index (χ0) is 33.9. The SMILES string of the molecule is CCOP(=O)(OCC)C(Nc1ccc(Cc2ccc(NC(c3ccccc3O)P(=O)(OCC)OCC)cc2)cc1)c1ccccc1O. The van der Waals surface area contributed by atoms with Crippen molar-refractivity contribution in [2.45, 2.75) is 45.7 Å². The maximum atomic E-state index is 13.8. The Morgan fingerprint density at radius 2 is 0.851 bits per heavy atom. The second kappa shape index (κ2) is 17.0. The highest BCUT2D eigenvalue weighted by molar-refractivity contribution is 7.54. The molecule has 4 N–H and O–H groups in total. The van der Waals surface area contributed by atoms with Gasteiger partial charge in [0.15, 0.2) is 11.6 Å². The molecule has 4 rings (SSSR count). The van der Waals surface area contributed by atoms with E-state index in [1.165, 1.54) is 0 Å². The van der Waals surface area contributed by atoms with Crippen LogP contribution in [0.1, 0.15) is 61.5 Å². The van der Waals surface area contributed by atoms with E-state index in [9.17, 15) is 19.3 Å². The number of aromatic hydroxyl groups is 2. The van der Waals surface area contributed by atoms with E-state index < -0.39 is 26.8 Å². The molecule has 4 aromatic carbocycles. The Bertz CT molecular complexity index is 1520. The third-order valence-electron chi connectivity index (χ3n) is 7.25. The molecule has 2 atom stereocenters. The normalized spacial score (nSPS) is 13.2. The van der Waals surface area contributed by atoms with E-state index >= 15 is 0 Å². The lowest BCUT2D eigenvalue weighted by Crippen LogP contribution is -2.15. The minimum Gasteiger partial charge on any atom is -0.508 e. The van der Waals surface area contributed by atoms with E-state index in [0.717, 1.165) is 11.1 Å². The average Bonchev–Trinajstić information content (AvgIpc) is 3.05. The number of phenolic OH excluding ortho intramolecular Hbond substituents is 2. The van der Waals surface area contributed by atoms with Crippen LogP contribution in [-0.4, -0.2) is 36.6 Å². The van der Waals surface area contributed by atoms with E-state index in [0.29, 0.717) is 28.9 Å². The lowest BCUT2D eigenvalue weighted by atomic mass is 10.0. The van der Waals surface area contributed by atoms with E-state index in [1.807, 2.05) is 48.5 Å². The van der Waals surface area contributed by atoms with Crippen molar-refractivity contribution in [3.63, 3.8) is 0 Å². The zero-order valence-electron chi connectivity index (χ0n) is 27.2. The monoisotopic (exact) mass is 682 g/mol. The summed E-state index contributed by atoms with van der Waals surface area (Å²) in [4.78, 5) is 0. The van der Waals surface area contributed by atoms with Crippen molar-refractivity contribution < 1.29 is 37.4 Å². The van der Waals surface area contributed by atoms with Crippen LogP contribution in [0.15, 0.2) is 97.1 Å². The summed E-state index contributed by atoms with van der Waals surface area (Å²) in [6.07, 6.45) is 0.638. The van der Waals surface area contributed by atoms with Gasteiger partial charge >= 0.3 is 15.2 Å². The fourth-order valence-electron chi connectivity index (χ4n) is 5.17. The number of hydrogen-bond donors (Lipinski definition) is 4. The van der Waals surface area contributed by atoms with Crippen LogP contribution < -0.4 is 10.6 Å². The lowest BCUT2D eigenvalue weighted by molar-refractivity contribution is 0.213. The van der Waals surface area contributed by atoms with Gasteiger partial charge in [0, 0.05) is 22.5 Å². The van der Waals surface area contributed by atoms with Crippen molar-refractivity contribution in [2.24, 2.45) is 0 Å². The molecule has 0 amide bonds. The van der Waals surface area contributed by atoms with Crippen molar-refractivity contribution in [3.05, 3.63) is 119 Å². The van der Waals surface area contributed by atoms with Crippen LogP contribution >= 0.6 is 15.2 Å². The lowest BCUT2D eigenvalue weighted by Gasteiger charge is -2.28. The summed E-state index contributed by atoms with van der Waals surface area (Å²) >= 11 is 0. The van der Waals surface area contributed by atoms with Gasteiger partial charge in [-0.05, 0) is 81.6 Å². The molecule has 0 saturated heterocycles. The zero-order valence-corrected chi connectivity index (χ0v) is 29.0. The Morgan fingerprint density at radius 1 is 0.532 bits per heavy atom. The van der Waals surface area contributed by atoms with Gasteiger partial charge in [0.2, 0.25) is 0 Å². The summed E-state index contributed by atoms with van der Waals surface area (Å²) in [6, 6.07) is 28.8. The van der Waals surface area contributed by atoms with Crippen molar-refractivity contribution in [3.8, 4) is 11.5 Å². The Balaban J connectivity index is 1.51. The number of nitrogens with one attached hydrogen (secondary N) is 2. The quantitative estimate of drug-likeness (QED) is 0.0752. The first-order valence-corrected chi connectivity index (χ1v) is 18.9. The molecule has 0 heterocycles. The van der Waals surface area contributed by atoms with Gasteiger partial charge in [-0.3, -0.25) is 9.13 Å². The fourth-order valence-corrected chi connectivity index (χ4v) is 9.09. The van der Waals surface area contributed by atoms with Crippen molar-refractivity contribution in [2.75, 3.05) is 37.1 Å². The summed E-state index contributed by atoms with van der Waals surface area (Å²) in [5.74, 6) is -1.86. The molecule has 4 aromatic rings. The molecule has 12 heteroatoms. The van der Waals surface area contributed by atoms with Crippen LogP contribution in [0.2, 0.25) is 0 Å². The molecule has 0 spiro atoms. The molecule has 0 bridgehead atoms. The minimum atomic E-state index is -3.69. The number of anilines is 2. The molecule has 0 fully saturated rings. The first-order valence-electron chi connectivity index (χ1n) is 15.7. The van der Waals surface area contributed by atoms with Gasteiger partial charge in [0.25, 0.3) is 0 Å². The van der Waals surface area contributed by atoms with Gasteiger partial charge in [0.1, 0.15) is 11.5 Å². The number of phenols is 2. The van der Waals surface area contributed by atoms with Crippen molar-refractivity contribution >= 4 is 26.6 Å². The molecular formula is C35H44N2O8P2. The molecule has 47 heavy (non-hydrogen) atoms. The molecule has 10 nitrogen and oxygen atoms in total. The number of rotatable bonds is 18. The first-order chi connectivity index (χ1) is 22.7. The number of para-hydroxylation sites is 2. The maximum absolute atomic E-state index is 13.8. The maximum Gasteiger partial charge on any atom is 0.357 e. The van der Waals surface area contributed by atoms with Gasteiger partial charge in [-0.25, -0.2) is 0 Å². The summed E-state index contributed by atoms with van der Waals surface area (Å²) in [7, 11) is -7.38. The molecule has 0 aromatic heterocycles. The van der Waals surface area contributed by atoms with Crippen LogP contribution in [-0.2, 0) is 33.6 Å². The largest absolute Gasteiger partial charge is 0.508 e. The highest BCUT2D eigenvalue weighted by Crippen LogP contribution is 2.63. The van der Waals surface area contributed by atoms with Crippen LogP contribution in [0, 0.1) is 0 Å². The summed E-state index contributed by atoms with van der Waals surface area (Å²) in [6.45, 7) is 7.73. The van der Waals surface area contributed by atoms with E-state index in [2.05, 4.69) is 10.6 Å². The van der Waals surface area contributed by atoms with Gasteiger partial charge in [0.05, 0.1) is 26.4 Å². The van der Waals surface area contributed by atoms with Gasteiger partial charge in [-0.15, -0.1) is 0 Å². The molecule has 0 radical (unpaired) electrons. The molecule has 0 aliphatic heterocycles. The highest BCUT2D eigenvalue weighted by atomic mass is 31.2. The van der Waals surface area contributed by atoms with Crippen molar-refractivity contribution in [1.82, 2.24) is 0 Å². The summed E-state index contributed by atoms with van der Waals surface area (Å²) in [5, 5.41) is 27.7. The Hall–Kier alpha value is -3.62. The van der Waals surface area contributed by atoms with E-state index in [-0.39, 0.29) is 37.9 Å². The smallest absolute Gasteiger partial charge is 0.357 e. The van der Waals surface area contributed by atoms with Gasteiger partial charge in [-0.1, -0.05) is 60.7 Å². The Kier molecular flexibility index (Phi) is 13.1. The Labute approximate surface area is 277 Å². The Morgan fingerprint density at radius 3 is 1.15 bits per heavy atom. The van der Waals surface area contributed by atoms with Gasteiger partial charge in [-0.2, -0.15) is 0 Å². The predicted octanol–water partition coefficient (Wildman–Crippen LogP) is 9.44. The second-order valence-electron chi connectivity index (χ2n) is 10.5. The van der Waals surface area contributed by atoms with E-state index in [4.69, 9.17) is 18.1 Å². The summed E-state index contributed by atoms with van der Waals surface area (Å²) < 4.78 is 50.2. The molecule has 252 valence electrons. The standard InChI is InChI=1S/C35H44N2O8P2/c1-5-42-46(40,43-6-2)34(30-13-9-11-15-32(30)38)36-28-21-17-26(18-22-28)25-27-19-23-29(24-20-27)37-35(31-14-10-12-16-33(31)39)47(41,44-7-3)45-8-4/h9-24,34-39H,5-8,25H2,1-4H3. The number of hydrogen-bond acceptors (Lipinski definition) is 10. The molecular weight excluding hydrogens is 638 g/mol. The molecule has 0 aliphatic carbocycles. The topological polar surface area (TPSA) is 136 Å². The van der Waals surface area contributed by atoms with Crippen LogP contribution in [0.3, 0.4) is 0 Å². The average molecular weight is 683 g/mol. The highest BCUT2D eigenvalue weighted by Gasteiger charge is 2.39. The first kappa shape index (κ1) is 36.2. The molecule has 0 saturated carbocycles. The summed E-state index contributed by atoms with van der Waals surface area (Å²) in [5.41, 5.74) is 4.28. The van der Waals surface area contributed by atoms with Crippen LogP contribution in [0.5, 0.6) is 11.5 Å². The van der Waals surface area contributed by atoms with E-state index in [1.54, 1.807) is 76.2 Å². The van der Waals surface area contributed by atoms with Crippen LogP contribution in [0.4, 0.5) is 11.4 Å². The fraction of sp³-hybridized carbons (Fsp3) is 0.314. The molecule has 2 unspecified atom stereocenters. The third-order valence-corrected chi connectivity index (χ3v) is 11.8. The number of benzene rings is 4.